The minimum Gasteiger partial charge on any atom is -0.379 e. The zero-order valence-electron chi connectivity index (χ0n) is 16.9. The zero-order valence-corrected chi connectivity index (χ0v) is 16.9. The minimum absolute atomic E-state index is 0.318. The summed E-state index contributed by atoms with van der Waals surface area (Å²) in [6.45, 7) is 7.76. The second kappa shape index (κ2) is 10.7. The van der Waals surface area contributed by atoms with E-state index in [1.165, 1.54) is 18.4 Å². The van der Waals surface area contributed by atoms with Gasteiger partial charge in [0.1, 0.15) is 0 Å². The van der Waals surface area contributed by atoms with E-state index in [1.807, 2.05) is 7.05 Å². The number of likely N-dealkylation sites (tertiary alicyclic amines) is 1. The van der Waals surface area contributed by atoms with Gasteiger partial charge in [-0.15, -0.1) is 0 Å². The Balaban J connectivity index is 1.35. The first-order chi connectivity index (χ1) is 13.3. The van der Waals surface area contributed by atoms with Crippen molar-refractivity contribution in [2.45, 2.75) is 44.6 Å². The van der Waals surface area contributed by atoms with E-state index in [2.05, 4.69) is 52.5 Å². The fourth-order valence-corrected chi connectivity index (χ4v) is 4.23. The van der Waals surface area contributed by atoms with E-state index in [0.29, 0.717) is 17.9 Å². The van der Waals surface area contributed by atoms with E-state index < -0.39 is 0 Å². The Morgan fingerprint density at radius 1 is 1.30 bits per heavy atom. The molecule has 3 rings (SSSR count). The van der Waals surface area contributed by atoms with Crippen LogP contribution in [0.4, 0.5) is 0 Å². The lowest BCUT2D eigenvalue weighted by molar-refractivity contribution is 0.0168. The topological polar surface area (TPSA) is 46.1 Å². The molecule has 5 heteroatoms. The van der Waals surface area contributed by atoms with Crippen LogP contribution in [0, 0.1) is 5.92 Å². The molecule has 3 atom stereocenters. The molecule has 1 N–H and O–H groups in total. The molecule has 2 saturated heterocycles. The highest BCUT2D eigenvalue weighted by molar-refractivity contribution is 5.80. The van der Waals surface area contributed by atoms with Crippen molar-refractivity contribution in [2.24, 2.45) is 10.9 Å². The Morgan fingerprint density at radius 2 is 2.15 bits per heavy atom. The van der Waals surface area contributed by atoms with E-state index in [0.717, 1.165) is 58.3 Å². The van der Waals surface area contributed by atoms with Gasteiger partial charge in [0, 0.05) is 39.9 Å². The molecule has 2 aliphatic rings. The highest BCUT2D eigenvalue weighted by atomic mass is 16.5. The SMILES string of the molecule is CN=C(NCCCOCC1CCCO1)N1CCC(c2ccccc2)C(C)C1. The summed E-state index contributed by atoms with van der Waals surface area (Å²) in [5, 5.41) is 3.51. The molecule has 150 valence electrons. The number of hydrogen-bond acceptors (Lipinski definition) is 3. The third-order valence-electron chi connectivity index (χ3n) is 5.72. The first kappa shape index (κ1) is 20.2. The number of benzene rings is 1. The van der Waals surface area contributed by atoms with Crippen LogP contribution >= 0.6 is 0 Å². The van der Waals surface area contributed by atoms with Gasteiger partial charge < -0.3 is 19.7 Å². The average Bonchev–Trinajstić information content (AvgIpc) is 3.21. The van der Waals surface area contributed by atoms with E-state index in [9.17, 15) is 0 Å². The first-order valence-corrected chi connectivity index (χ1v) is 10.5. The van der Waals surface area contributed by atoms with Gasteiger partial charge in [-0.1, -0.05) is 37.3 Å². The van der Waals surface area contributed by atoms with Crippen LogP contribution in [-0.4, -0.2) is 63.5 Å². The highest BCUT2D eigenvalue weighted by Gasteiger charge is 2.28. The lowest BCUT2D eigenvalue weighted by Crippen LogP contribution is -2.48. The lowest BCUT2D eigenvalue weighted by Gasteiger charge is -2.39. The molecule has 0 spiro atoms. The maximum absolute atomic E-state index is 5.74. The monoisotopic (exact) mass is 373 g/mol. The summed E-state index contributed by atoms with van der Waals surface area (Å²) in [5.74, 6) is 2.29. The Kier molecular flexibility index (Phi) is 7.96. The largest absolute Gasteiger partial charge is 0.379 e. The van der Waals surface area contributed by atoms with Crippen LogP contribution in [0.25, 0.3) is 0 Å². The maximum Gasteiger partial charge on any atom is 0.193 e. The van der Waals surface area contributed by atoms with Crippen molar-refractivity contribution < 1.29 is 9.47 Å². The standard InChI is InChI=1S/C22H35N3O2/c1-18-16-25(13-11-21(18)19-8-4-3-5-9-19)22(23-2)24-12-7-14-26-17-20-10-6-15-27-20/h3-5,8-9,18,20-21H,6-7,10-17H2,1-2H3,(H,23,24). The van der Waals surface area contributed by atoms with E-state index in [-0.39, 0.29) is 0 Å². The highest BCUT2D eigenvalue weighted by Crippen LogP contribution is 2.32. The van der Waals surface area contributed by atoms with Crippen LogP contribution in [-0.2, 0) is 9.47 Å². The van der Waals surface area contributed by atoms with Gasteiger partial charge in [-0.25, -0.2) is 0 Å². The minimum atomic E-state index is 0.318. The summed E-state index contributed by atoms with van der Waals surface area (Å²) in [5.41, 5.74) is 1.47. The number of ether oxygens (including phenoxy) is 2. The predicted octanol–water partition coefficient (Wildman–Crippen LogP) is 3.27. The molecule has 3 unspecified atom stereocenters. The zero-order chi connectivity index (χ0) is 18.9. The summed E-state index contributed by atoms with van der Waals surface area (Å²) in [4.78, 5) is 6.90. The van der Waals surface area contributed by atoms with Crippen molar-refractivity contribution in [3.63, 3.8) is 0 Å². The van der Waals surface area contributed by atoms with Crippen LogP contribution in [0.2, 0.25) is 0 Å². The molecule has 2 heterocycles. The molecule has 5 nitrogen and oxygen atoms in total. The smallest absolute Gasteiger partial charge is 0.193 e. The Hall–Kier alpha value is -1.59. The van der Waals surface area contributed by atoms with Crippen molar-refractivity contribution in [1.29, 1.82) is 0 Å². The quantitative estimate of drug-likeness (QED) is 0.453. The number of aliphatic imine (C=N–C) groups is 1. The Bertz CT molecular complexity index is 572. The van der Waals surface area contributed by atoms with Gasteiger partial charge in [-0.3, -0.25) is 4.99 Å². The van der Waals surface area contributed by atoms with Crippen LogP contribution in [0.15, 0.2) is 35.3 Å². The summed E-state index contributed by atoms with van der Waals surface area (Å²) in [7, 11) is 1.88. The normalized spacial score (nSPS) is 26.4. The summed E-state index contributed by atoms with van der Waals surface area (Å²) in [6.07, 6.45) is 4.80. The first-order valence-electron chi connectivity index (χ1n) is 10.5. The maximum atomic E-state index is 5.74. The fourth-order valence-electron chi connectivity index (χ4n) is 4.23. The summed E-state index contributed by atoms with van der Waals surface area (Å²) >= 11 is 0. The Labute approximate surface area is 164 Å². The molecule has 0 radical (unpaired) electrons. The van der Waals surface area contributed by atoms with E-state index >= 15 is 0 Å². The van der Waals surface area contributed by atoms with Crippen LogP contribution in [0.5, 0.6) is 0 Å². The summed E-state index contributed by atoms with van der Waals surface area (Å²) in [6, 6.07) is 10.9. The Morgan fingerprint density at radius 3 is 2.85 bits per heavy atom. The van der Waals surface area contributed by atoms with Gasteiger partial charge >= 0.3 is 0 Å². The molecule has 2 fully saturated rings. The molecule has 0 aromatic heterocycles. The molecular weight excluding hydrogens is 338 g/mol. The van der Waals surface area contributed by atoms with Crippen molar-refractivity contribution in [2.75, 3.05) is 46.5 Å². The number of nitrogens with one attached hydrogen (secondary N) is 1. The number of piperidine rings is 1. The lowest BCUT2D eigenvalue weighted by atomic mass is 9.82. The van der Waals surface area contributed by atoms with Crippen LogP contribution in [0.3, 0.4) is 0 Å². The molecule has 27 heavy (non-hydrogen) atoms. The molecular formula is C22H35N3O2. The van der Waals surface area contributed by atoms with Crippen molar-refractivity contribution >= 4 is 5.96 Å². The third kappa shape index (κ3) is 5.94. The number of hydrogen-bond donors (Lipinski definition) is 1. The number of guanidine groups is 1. The van der Waals surface area contributed by atoms with Crippen LogP contribution in [0.1, 0.15) is 44.1 Å². The molecule has 0 aliphatic carbocycles. The molecule has 1 aromatic rings. The number of nitrogens with zero attached hydrogens (tertiary/aromatic N) is 2. The van der Waals surface area contributed by atoms with Crippen molar-refractivity contribution in [3.05, 3.63) is 35.9 Å². The molecule has 0 bridgehead atoms. The van der Waals surface area contributed by atoms with Gasteiger partial charge in [0.05, 0.1) is 12.7 Å². The van der Waals surface area contributed by atoms with Gasteiger partial charge in [0.25, 0.3) is 0 Å². The second-order valence-electron chi connectivity index (χ2n) is 7.77. The van der Waals surface area contributed by atoms with Crippen molar-refractivity contribution in [1.82, 2.24) is 10.2 Å². The van der Waals surface area contributed by atoms with E-state index in [1.54, 1.807) is 0 Å². The molecule has 0 amide bonds. The molecule has 2 aliphatic heterocycles. The average molecular weight is 374 g/mol. The molecule has 1 aromatic carbocycles. The molecule has 0 saturated carbocycles. The van der Waals surface area contributed by atoms with Gasteiger partial charge in [-0.05, 0) is 43.1 Å². The summed E-state index contributed by atoms with van der Waals surface area (Å²) < 4.78 is 11.3. The van der Waals surface area contributed by atoms with Crippen molar-refractivity contribution in [3.8, 4) is 0 Å². The van der Waals surface area contributed by atoms with E-state index in [4.69, 9.17) is 9.47 Å². The van der Waals surface area contributed by atoms with Gasteiger partial charge in [0.2, 0.25) is 0 Å². The third-order valence-corrected chi connectivity index (χ3v) is 5.72. The van der Waals surface area contributed by atoms with Gasteiger partial charge in [0.15, 0.2) is 5.96 Å². The second-order valence-corrected chi connectivity index (χ2v) is 7.77. The predicted molar refractivity (Wildman–Crippen MR) is 110 cm³/mol. The van der Waals surface area contributed by atoms with Gasteiger partial charge in [-0.2, -0.15) is 0 Å². The van der Waals surface area contributed by atoms with Crippen LogP contribution < -0.4 is 5.32 Å². The fraction of sp³-hybridized carbons (Fsp3) is 0.682. The number of rotatable bonds is 7.